The van der Waals surface area contributed by atoms with E-state index in [2.05, 4.69) is 15.5 Å². The van der Waals surface area contributed by atoms with Crippen molar-refractivity contribution in [2.24, 2.45) is 0 Å². The average molecular weight is 280 g/mol. The van der Waals surface area contributed by atoms with Crippen LogP contribution in [0.4, 0.5) is 19.2 Å². The number of anilines is 1. The van der Waals surface area contributed by atoms with Gasteiger partial charge < -0.3 is 19.7 Å². The Kier molecular flexibility index (Phi) is 4.25. The third kappa shape index (κ3) is 4.67. The van der Waals surface area contributed by atoms with E-state index in [1.54, 1.807) is 0 Å². The minimum absolute atomic E-state index is 0.211. The van der Waals surface area contributed by atoms with Crippen molar-refractivity contribution < 1.29 is 22.7 Å². The van der Waals surface area contributed by atoms with Crippen molar-refractivity contribution in [1.29, 1.82) is 0 Å². The first-order valence-corrected chi connectivity index (χ1v) is 5.96. The molecule has 1 aromatic rings. The van der Waals surface area contributed by atoms with Crippen molar-refractivity contribution in [1.82, 2.24) is 15.5 Å². The molecule has 0 atom stereocenters. The lowest BCUT2D eigenvalue weighted by atomic mass is 10.5. The number of halogens is 3. The van der Waals surface area contributed by atoms with Crippen LogP contribution in [0.5, 0.6) is 0 Å². The van der Waals surface area contributed by atoms with Crippen LogP contribution in [0.1, 0.15) is 18.7 Å². The molecule has 6 nitrogen and oxygen atoms in total. The van der Waals surface area contributed by atoms with Gasteiger partial charge >= 0.3 is 12.2 Å². The van der Waals surface area contributed by atoms with Crippen LogP contribution in [0.15, 0.2) is 4.42 Å². The molecule has 1 saturated carbocycles. The molecule has 1 heterocycles. The number of aromatic nitrogens is 2. The standard InChI is InChI=1S/C10H15F3N4O2/c11-10(12,13)6-17(3-4-18)9-16-15-8(19-9)5-14-7-1-2-7/h7,14,18H,1-6H2. The van der Waals surface area contributed by atoms with Crippen LogP contribution < -0.4 is 10.2 Å². The highest BCUT2D eigenvalue weighted by Crippen LogP contribution is 2.22. The van der Waals surface area contributed by atoms with Gasteiger partial charge in [0.15, 0.2) is 0 Å². The zero-order valence-corrected chi connectivity index (χ0v) is 10.2. The Balaban J connectivity index is 1.95. The van der Waals surface area contributed by atoms with Gasteiger partial charge in [-0.05, 0) is 12.8 Å². The van der Waals surface area contributed by atoms with Gasteiger partial charge in [0.05, 0.1) is 13.2 Å². The van der Waals surface area contributed by atoms with Crippen LogP contribution in [0.3, 0.4) is 0 Å². The molecule has 1 aliphatic carbocycles. The lowest BCUT2D eigenvalue weighted by Gasteiger charge is -2.20. The predicted molar refractivity (Wildman–Crippen MR) is 59.5 cm³/mol. The fourth-order valence-corrected chi connectivity index (χ4v) is 1.54. The highest BCUT2D eigenvalue weighted by molar-refractivity contribution is 5.24. The Morgan fingerprint density at radius 2 is 2.11 bits per heavy atom. The summed E-state index contributed by atoms with van der Waals surface area (Å²) in [5.74, 6) is 0.243. The first-order chi connectivity index (χ1) is 8.98. The van der Waals surface area contributed by atoms with Crippen molar-refractivity contribution >= 4 is 6.01 Å². The molecule has 2 rings (SSSR count). The predicted octanol–water partition coefficient (Wildman–Crippen LogP) is 0.683. The summed E-state index contributed by atoms with van der Waals surface area (Å²) in [5, 5.41) is 19.1. The molecule has 0 aromatic carbocycles. The number of aliphatic hydroxyl groups is 1. The second-order valence-corrected chi connectivity index (χ2v) is 4.39. The van der Waals surface area contributed by atoms with Gasteiger partial charge in [0.2, 0.25) is 5.89 Å². The van der Waals surface area contributed by atoms with Gasteiger partial charge in [0.25, 0.3) is 0 Å². The maximum Gasteiger partial charge on any atom is 0.406 e. The molecule has 1 fully saturated rings. The molecule has 0 bridgehead atoms. The molecule has 0 aliphatic heterocycles. The Bertz CT molecular complexity index is 406. The third-order valence-electron chi connectivity index (χ3n) is 2.59. The van der Waals surface area contributed by atoms with Gasteiger partial charge in [-0.25, -0.2) is 0 Å². The summed E-state index contributed by atoms with van der Waals surface area (Å²) in [6.45, 7) is -1.52. The van der Waals surface area contributed by atoms with Gasteiger partial charge in [-0.1, -0.05) is 5.10 Å². The maximum atomic E-state index is 12.4. The number of alkyl halides is 3. The van der Waals surface area contributed by atoms with Crippen molar-refractivity contribution in [2.75, 3.05) is 24.6 Å². The van der Waals surface area contributed by atoms with Crippen LogP contribution in [-0.2, 0) is 6.54 Å². The fourth-order valence-electron chi connectivity index (χ4n) is 1.54. The molecule has 0 spiro atoms. The summed E-state index contributed by atoms with van der Waals surface area (Å²) in [5.41, 5.74) is 0. The summed E-state index contributed by atoms with van der Waals surface area (Å²) in [4.78, 5) is 0.813. The van der Waals surface area contributed by atoms with E-state index < -0.39 is 19.3 Å². The van der Waals surface area contributed by atoms with Gasteiger partial charge in [0, 0.05) is 12.6 Å². The number of nitrogens with one attached hydrogen (secondary N) is 1. The summed E-state index contributed by atoms with van der Waals surface area (Å²) in [6, 6.07) is 0.220. The Morgan fingerprint density at radius 1 is 1.37 bits per heavy atom. The molecule has 0 unspecified atom stereocenters. The van der Waals surface area contributed by atoms with Gasteiger partial charge in [0.1, 0.15) is 6.54 Å². The molecule has 1 aromatic heterocycles. The molecule has 9 heteroatoms. The van der Waals surface area contributed by atoms with Crippen LogP contribution in [0.2, 0.25) is 0 Å². The van der Waals surface area contributed by atoms with Crippen LogP contribution in [-0.4, -0.2) is 47.2 Å². The molecule has 108 valence electrons. The molecule has 19 heavy (non-hydrogen) atoms. The van der Waals surface area contributed by atoms with E-state index in [9.17, 15) is 13.2 Å². The van der Waals surface area contributed by atoms with Crippen molar-refractivity contribution in [3.8, 4) is 0 Å². The van der Waals surface area contributed by atoms with E-state index in [-0.39, 0.29) is 18.5 Å². The maximum absolute atomic E-state index is 12.4. The van der Waals surface area contributed by atoms with Crippen molar-refractivity contribution in [3.05, 3.63) is 5.89 Å². The van der Waals surface area contributed by atoms with Gasteiger partial charge in [-0.2, -0.15) is 13.2 Å². The number of nitrogens with zero attached hydrogens (tertiary/aromatic N) is 3. The molecule has 0 amide bonds. The fraction of sp³-hybridized carbons (Fsp3) is 0.800. The van der Waals surface area contributed by atoms with Crippen molar-refractivity contribution in [3.63, 3.8) is 0 Å². The lowest BCUT2D eigenvalue weighted by molar-refractivity contribution is -0.120. The largest absolute Gasteiger partial charge is 0.407 e. The summed E-state index contributed by atoms with van der Waals surface area (Å²) in [6.07, 6.45) is -2.21. The normalized spacial score (nSPS) is 15.8. The van der Waals surface area contributed by atoms with Crippen LogP contribution in [0, 0.1) is 0 Å². The molecule has 1 aliphatic rings. The number of rotatable bonds is 7. The molecule has 0 saturated heterocycles. The van der Waals surface area contributed by atoms with E-state index in [0.717, 1.165) is 17.7 Å². The summed E-state index contributed by atoms with van der Waals surface area (Å²) in [7, 11) is 0. The van der Waals surface area contributed by atoms with Gasteiger partial charge in [-0.3, -0.25) is 0 Å². The highest BCUT2D eigenvalue weighted by atomic mass is 19.4. The molecular weight excluding hydrogens is 265 g/mol. The van der Waals surface area contributed by atoms with E-state index in [0.29, 0.717) is 12.6 Å². The van der Waals surface area contributed by atoms with Crippen LogP contribution in [0.25, 0.3) is 0 Å². The van der Waals surface area contributed by atoms with E-state index in [4.69, 9.17) is 9.52 Å². The van der Waals surface area contributed by atoms with E-state index in [1.165, 1.54) is 0 Å². The van der Waals surface area contributed by atoms with Crippen molar-refractivity contribution in [2.45, 2.75) is 31.6 Å². The topological polar surface area (TPSA) is 74.4 Å². The van der Waals surface area contributed by atoms with E-state index in [1.807, 2.05) is 0 Å². The molecule has 2 N–H and O–H groups in total. The second-order valence-electron chi connectivity index (χ2n) is 4.39. The molecule has 0 radical (unpaired) electrons. The SMILES string of the molecule is OCCN(CC(F)(F)F)c1nnc(CNC2CC2)o1. The van der Waals surface area contributed by atoms with Gasteiger partial charge in [-0.15, -0.1) is 5.10 Å². The number of hydrogen-bond acceptors (Lipinski definition) is 6. The first-order valence-electron chi connectivity index (χ1n) is 5.96. The number of aliphatic hydroxyl groups excluding tert-OH is 1. The Morgan fingerprint density at radius 3 is 2.68 bits per heavy atom. The smallest absolute Gasteiger partial charge is 0.406 e. The Hall–Kier alpha value is -1.35. The summed E-state index contributed by atoms with van der Waals surface area (Å²) >= 11 is 0. The zero-order chi connectivity index (χ0) is 13.9. The summed E-state index contributed by atoms with van der Waals surface area (Å²) < 4.78 is 42.2. The zero-order valence-electron chi connectivity index (χ0n) is 10.2. The second kappa shape index (κ2) is 5.74. The minimum atomic E-state index is -4.39. The molecular formula is C10H15F3N4O2. The number of hydrogen-bond donors (Lipinski definition) is 2. The third-order valence-corrected chi connectivity index (χ3v) is 2.59. The monoisotopic (exact) mass is 280 g/mol. The highest BCUT2D eigenvalue weighted by Gasteiger charge is 2.32. The lowest BCUT2D eigenvalue weighted by Crippen LogP contribution is -2.36. The average Bonchev–Trinajstić information content (AvgIpc) is 3.02. The quantitative estimate of drug-likeness (QED) is 0.765. The van der Waals surface area contributed by atoms with E-state index >= 15 is 0 Å². The first kappa shape index (κ1) is 14.1. The Labute approximate surface area is 107 Å². The minimum Gasteiger partial charge on any atom is -0.407 e. The van der Waals surface area contributed by atoms with Crippen LogP contribution >= 0.6 is 0 Å².